The summed E-state index contributed by atoms with van der Waals surface area (Å²) < 4.78 is 19.8. The van der Waals surface area contributed by atoms with Crippen molar-refractivity contribution in [2.24, 2.45) is 0 Å². The minimum Gasteiger partial charge on any atom is -0.378 e. The molecule has 1 fully saturated rings. The number of anilines is 1. The van der Waals surface area contributed by atoms with Gasteiger partial charge in [-0.25, -0.2) is 14.4 Å². The van der Waals surface area contributed by atoms with Crippen LogP contribution in [0.1, 0.15) is 10.5 Å². The number of carbonyl (C=O) groups excluding carboxylic acids is 1. The van der Waals surface area contributed by atoms with Crippen molar-refractivity contribution in [3.63, 3.8) is 0 Å². The summed E-state index contributed by atoms with van der Waals surface area (Å²) in [6.07, 6.45) is 3.09. The van der Waals surface area contributed by atoms with E-state index >= 15 is 0 Å². The van der Waals surface area contributed by atoms with Gasteiger partial charge in [0.2, 0.25) is 5.95 Å². The summed E-state index contributed by atoms with van der Waals surface area (Å²) in [5.41, 5.74) is 7.85. The average Bonchev–Trinajstić information content (AvgIpc) is 3.20. The second-order valence-corrected chi connectivity index (χ2v) is 6.71. The molecule has 3 N–H and O–H groups in total. The molecule has 1 aliphatic heterocycles. The van der Waals surface area contributed by atoms with Crippen molar-refractivity contribution in [3.05, 3.63) is 53.2 Å². The molecule has 0 spiro atoms. The first-order valence-corrected chi connectivity index (χ1v) is 9.05. The monoisotopic (exact) mass is 401 g/mol. The average molecular weight is 402 g/mol. The highest BCUT2D eigenvalue weighted by molar-refractivity contribution is 6.31. The number of hydrogen-bond donors (Lipinski definition) is 2. The van der Waals surface area contributed by atoms with Gasteiger partial charge in [0.1, 0.15) is 11.5 Å². The Bertz CT molecular complexity index is 1030. The zero-order chi connectivity index (χ0) is 19.7. The van der Waals surface area contributed by atoms with Crippen LogP contribution in [0.5, 0.6) is 0 Å². The maximum absolute atomic E-state index is 14.6. The Hall–Kier alpha value is -2.97. The van der Waals surface area contributed by atoms with E-state index in [0.29, 0.717) is 48.8 Å². The van der Waals surface area contributed by atoms with Crippen molar-refractivity contribution >= 4 is 23.5 Å². The van der Waals surface area contributed by atoms with Crippen molar-refractivity contribution in [3.8, 4) is 22.4 Å². The number of ether oxygens (including phenoxy) is 1. The van der Waals surface area contributed by atoms with Crippen LogP contribution in [-0.2, 0) is 4.74 Å². The van der Waals surface area contributed by atoms with Gasteiger partial charge in [0.25, 0.3) is 5.91 Å². The number of nitrogens with two attached hydrogens (primary N) is 1. The fraction of sp³-hybridized carbons (Fsp3) is 0.211. The summed E-state index contributed by atoms with van der Waals surface area (Å²) in [6.45, 7) is 2.10. The first kappa shape index (κ1) is 18.4. The number of halogens is 2. The van der Waals surface area contributed by atoms with Gasteiger partial charge in [-0.1, -0.05) is 23.7 Å². The Morgan fingerprint density at radius 1 is 1.29 bits per heavy atom. The van der Waals surface area contributed by atoms with Crippen LogP contribution in [0, 0.1) is 5.82 Å². The zero-order valence-corrected chi connectivity index (χ0v) is 15.5. The highest BCUT2D eigenvalue weighted by Crippen LogP contribution is 2.34. The summed E-state index contributed by atoms with van der Waals surface area (Å²) in [4.78, 5) is 25.6. The van der Waals surface area contributed by atoms with Gasteiger partial charge in [0.15, 0.2) is 0 Å². The van der Waals surface area contributed by atoms with Crippen molar-refractivity contribution < 1.29 is 13.9 Å². The third kappa shape index (κ3) is 3.44. The van der Waals surface area contributed by atoms with Crippen molar-refractivity contribution in [2.45, 2.75) is 0 Å². The number of nitrogens with one attached hydrogen (secondary N) is 1. The molecule has 0 saturated carbocycles. The summed E-state index contributed by atoms with van der Waals surface area (Å²) in [5, 5.41) is -0.00229. The number of nitrogens with zero attached hydrogens (tertiary/aromatic N) is 3. The van der Waals surface area contributed by atoms with Gasteiger partial charge in [-0.3, -0.25) is 4.79 Å². The number of benzene rings is 1. The molecule has 144 valence electrons. The molecule has 1 saturated heterocycles. The number of hydrogen-bond acceptors (Lipinski definition) is 5. The van der Waals surface area contributed by atoms with Crippen LogP contribution in [0.3, 0.4) is 0 Å². The van der Waals surface area contributed by atoms with Crippen LogP contribution in [0.25, 0.3) is 22.4 Å². The van der Waals surface area contributed by atoms with Crippen molar-refractivity contribution in [1.82, 2.24) is 19.9 Å². The van der Waals surface area contributed by atoms with Crippen LogP contribution >= 0.6 is 11.6 Å². The number of H-pyrrole nitrogens is 1. The Morgan fingerprint density at radius 2 is 2.07 bits per heavy atom. The summed E-state index contributed by atoms with van der Waals surface area (Å²) in [7, 11) is 0. The van der Waals surface area contributed by atoms with E-state index in [-0.39, 0.29) is 22.4 Å². The van der Waals surface area contributed by atoms with E-state index in [1.165, 1.54) is 12.3 Å². The molecular weight excluding hydrogens is 385 g/mol. The van der Waals surface area contributed by atoms with Gasteiger partial charge in [0.05, 0.1) is 23.9 Å². The molecule has 2 aromatic heterocycles. The zero-order valence-electron chi connectivity index (χ0n) is 14.8. The molecule has 3 heterocycles. The SMILES string of the molecule is Nc1ncc(-c2cccc(Cl)c2F)c(-c2c[nH]c(C(=O)N3CCOCC3)c2)n1. The van der Waals surface area contributed by atoms with Crippen LogP contribution < -0.4 is 5.73 Å². The smallest absolute Gasteiger partial charge is 0.270 e. The fourth-order valence-corrected chi connectivity index (χ4v) is 3.29. The maximum Gasteiger partial charge on any atom is 0.270 e. The quantitative estimate of drug-likeness (QED) is 0.703. The van der Waals surface area contributed by atoms with E-state index in [2.05, 4.69) is 15.0 Å². The minimum absolute atomic E-state index is 0.00229. The largest absolute Gasteiger partial charge is 0.378 e. The molecule has 0 radical (unpaired) electrons. The molecule has 1 aromatic carbocycles. The molecule has 0 unspecified atom stereocenters. The molecule has 4 rings (SSSR count). The second kappa shape index (κ2) is 7.57. The van der Waals surface area contributed by atoms with Crippen molar-refractivity contribution in [1.29, 1.82) is 0 Å². The number of rotatable bonds is 3. The van der Waals surface area contributed by atoms with Gasteiger partial charge in [-0.2, -0.15) is 0 Å². The molecule has 0 atom stereocenters. The van der Waals surface area contributed by atoms with Gasteiger partial charge in [-0.15, -0.1) is 0 Å². The predicted octanol–water partition coefficient (Wildman–Crippen LogP) is 2.99. The standard InChI is InChI=1S/C19H17ClFN5O2/c20-14-3-1-2-12(16(14)21)13-10-24-19(22)25-17(13)11-8-15(23-9-11)18(27)26-4-6-28-7-5-26/h1-3,8-10,23H,4-7H2,(H2,22,24,25). The van der Waals surface area contributed by atoms with E-state index in [1.54, 1.807) is 29.3 Å². The number of morpholine rings is 1. The molecule has 28 heavy (non-hydrogen) atoms. The van der Waals surface area contributed by atoms with Crippen molar-refractivity contribution in [2.75, 3.05) is 32.0 Å². The number of carbonyl (C=O) groups is 1. The minimum atomic E-state index is -0.570. The maximum atomic E-state index is 14.6. The summed E-state index contributed by atoms with van der Waals surface area (Å²) in [6, 6.07) is 6.37. The van der Waals surface area contributed by atoms with E-state index in [0.717, 1.165) is 0 Å². The number of aromatic nitrogens is 3. The van der Waals surface area contributed by atoms with Crippen LogP contribution in [0.2, 0.25) is 5.02 Å². The molecule has 0 bridgehead atoms. The molecule has 1 aliphatic rings. The van der Waals surface area contributed by atoms with E-state index in [9.17, 15) is 9.18 Å². The number of aromatic amines is 1. The van der Waals surface area contributed by atoms with E-state index in [4.69, 9.17) is 22.1 Å². The topological polar surface area (TPSA) is 97.1 Å². The van der Waals surface area contributed by atoms with Gasteiger partial charge in [0, 0.05) is 42.2 Å². The molecule has 1 amide bonds. The normalized spacial score (nSPS) is 14.3. The summed E-state index contributed by atoms with van der Waals surface area (Å²) >= 11 is 5.92. The van der Waals surface area contributed by atoms with Crippen LogP contribution in [0.4, 0.5) is 10.3 Å². The predicted molar refractivity (Wildman–Crippen MR) is 103 cm³/mol. The van der Waals surface area contributed by atoms with Gasteiger partial charge < -0.3 is 20.4 Å². The van der Waals surface area contributed by atoms with E-state index in [1.807, 2.05) is 0 Å². The fourth-order valence-electron chi connectivity index (χ4n) is 3.12. The lowest BCUT2D eigenvalue weighted by atomic mass is 10.0. The Balaban J connectivity index is 1.74. The lowest BCUT2D eigenvalue weighted by molar-refractivity contribution is 0.0299. The molecule has 0 aliphatic carbocycles. The lowest BCUT2D eigenvalue weighted by Gasteiger charge is -2.26. The molecule has 3 aromatic rings. The highest BCUT2D eigenvalue weighted by atomic mass is 35.5. The van der Waals surface area contributed by atoms with E-state index < -0.39 is 5.82 Å². The summed E-state index contributed by atoms with van der Waals surface area (Å²) in [5.74, 6) is -0.658. The van der Waals surface area contributed by atoms with Gasteiger partial charge >= 0.3 is 0 Å². The lowest BCUT2D eigenvalue weighted by Crippen LogP contribution is -2.40. The highest BCUT2D eigenvalue weighted by Gasteiger charge is 2.22. The molecule has 9 heteroatoms. The number of amides is 1. The third-order valence-electron chi connectivity index (χ3n) is 4.53. The van der Waals surface area contributed by atoms with Gasteiger partial charge in [-0.05, 0) is 12.1 Å². The second-order valence-electron chi connectivity index (χ2n) is 6.30. The van der Waals surface area contributed by atoms with Crippen LogP contribution in [-0.4, -0.2) is 52.1 Å². The molecular formula is C19H17ClFN5O2. The molecule has 7 nitrogen and oxygen atoms in total. The Kier molecular flexibility index (Phi) is 4.97. The Morgan fingerprint density at radius 3 is 2.86 bits per heavy atom. The Labute approximate surface area is 165 Å². The first-order valence-electron chi connectivity index (χ1n) is 8.67. The first-order chi connectivity index (χ1) is 13.5. The van der Waals surface area contributed by atoms with Crippen LogP contribution in [0.15, 0.2) is 36.7 Å². The number of nitrogen functional groups attached to an aromatic ring is 1. The third-order valence-corrected chi connectivity index (χ3v) is 4.83.